The fourth-order valence-corrected chi connectivity index (χ4v) is 3.95. The molecule has 0 fully saturated rings. The van der Waals surface area contributed by atoms with Crippen LogP contribution in [-0.4, -0.2) is 17.6 Å². The Morgan fingerprint density at radius 2 is 1.93 bits per heavy atom. The van der Waals surface area contributed by atoms with Crippen LogP contribution in [0.1, 0.15) is 11.1 Å². The van der Waals surface area contributed by atoms with E-state index in [1.165, 1.54) is 11.8 Å². The minimum absolute atomic E-state index is 0.337. The number of carbonyl (C=O) groups excluding carboxylic acids is 1. The van der Waals surface area contributed by atoms with Crippen LogP contribution in [0.4, 0.5) is 9.80 Å². The second kappa shape index (κ2) is 9.07. The Morgan fingerprint density at radius 3 is 2.59 bits per heavy atom. The predicted molar refractivity (Wildman–Crippen MR) is 105 cm³/mol. The van der Waals surface area contributed by atoms with E-state index in [-0.39, 0.29) is 0 Å². The molecule has 8 heteroatoms. The summed E-state index contributed by atoms with van der Waals surface area (Å²) in [4.78, 5) is 12.0. The molecule has 27 heavy (non-hydrogen) atoms. The molecule has 0 saturated heterocycles. The van der Waals surface area contributed by atoms with Crippen LogP contribution < -0.4 is 14.8 Å². The van der Waals surface area contributed by atoms with Crippen molar-refractivity contribution in [2.24, 2.45) is 0 Å². The summed E-state index contributed by atoms with van der Waals surface area (Å²) in [5.74, 6) is 1.86. The van der Waals surface area contributed by atoms with Crippen LogP contribution in [0.2, 0.25) is 0 Å². The summed E-state index contributed by atoms with van der Waals surface area (Å²) in [5, 5.41) is 13.0. The largest absolute Gasteiger partial charge is 0.497 e. The number of nitrogens with zero attached hydrogens (tertiary/aromatic N) is 2. The van der Waals surface area contributed by atoms with Gasteiger partial charge in [-0.3, -0.25) is 5.32 Å². The number of hydrogen-bond acceptors (Lipinski definition) is 7. The highest BCUT2D eigenvalue weighted by atomic mass is 32.2. The number of ether oxygens (including phenoxy) is 2. The molecule has 1 N–H and O–H groups in total. The first kappa shape index (κ1) is 18.8. The third kappa shape index (κ3) is 5.00. The van der Waals surface area contributed by atoms with Gasteiger partial charge in [-0.1, -0.05) is 42.1 Å². The van der Waals surface area contributed by atoms with Crippen LogP contribution >= 0.6 is 23.3 Å². The Kier molecular flexibility index (Phi) is 6.30. The van der Waals surface area contributed by atoms with Crippen LogP contribution in [-0.2, 0) is 5.75 Å². The lowest BCUT2D eigenvalue weighted by Gasteiger charge is -2.05. The van der Waals surface area contributed by atoms with Gasteiger partial charge < -0.3 is 9.47 Å². The maximum absolute atomic E-state index is 12.0. The van der Waals surface area contributed by atoms with E-state index in [0.717, 1.165) is 22.8 Å². The predicted octanol–water partition coefficient (Wildman–Crippen LogP) is 4.93. The standard InChI is InChI=1S/C19H15N3O3S2/c1-24-14-9-7-13(8-10-14)12-26-18-16(11-20)17(27-22-18)21-19(23)25-15-5-3-2-4-6-15/h2-10H,12H2,1H3,(H,21,23). The first-order valence-corrected chi connectivity index (χ1v) is 9.65. The van der Waals surface area contributed by atoms with Gasteiger partial charge in [0, 0.05) is 5.75 Å². The molecule has 1 amide bonds. The first-order valence-electron chi connectivity index (χ1n) is 7.89. The molecule has 1 aromatic heterocycles. The van der Waals surface area contributed by atoms with Crippen LogP contribution in [0.15, 0.2) is 59.6 Å². The van der Waals surface area contributed by atoms with Gasteiger partial charge in [0.15, 0.2) is 0 Å². The highest BCUT2D eigenvalue weighted by molar-refractivity contribution is 7.98. The van der Waals surface area contributed by atoms with Crippen LogP contribution in [0, 0.1) is 11.3 Å². The van der Waals surface area contributed by atoms with Crippen LogP contribution in [0.5, 0.6) is 11.5 Å². The summed E-state index contributed by atoms with van der Waals surface area (Å²) >= 11 is 2.49. The minimum atomic E-state index is -0.659. The molecular formula is C19H15N3O3S2. The Labute approximate surface area is 164 Å². The van der Waals surface area contributed by atoms with Gasteiger partial charge in [-0.25, -0.2) is 4.79 Å². The molecule has 0 unspecified atom stereocenters. The van der Waals surface area contributed by atoms with E-state index >= 15 is 0 Å². The maximum atomic E-state index is 12.0. The zero-order valence-electron chi connectivity index (χ0n) is 14.3. The molecule has 3 rings (SSSR count). The summed E-state index contributed by atoms with van der Waals surface area (Å²) in [6.07, 6.45) is -0.659. The second-order valence-electron chi connectivity index (χ2n) is 5.27. The van der Waals surface area contributed by atoms with Crippen molar-refractivity contribution in [2.45, 2.75) is 10.8 Å². The number of nitrogens with one attached hydrogen (secondary N) is 1. The van der Waals surface area contributed by atoms with Crippen LogP contribution in [0.3, 0.4) is 0 Å². The van der Waals surface area contributed by atoms with Gasteiger partial charge in [0.05, 0.1) is 7.11 Å². The van der Waals surface area contributed by atoms with Crippen molar-refractivity contribution in [3.8, 4) is 17.6 Å². The smallest absolute Gasteiger partial charge is 0.417 e. The van der Waals surface area contributed by atoms with Gasteiger partial charge in [0.25, 0.3) is 0 Å². The lowest BCUT2D eigenvalue weighted by molar-refractivity contribution is 0.215. The molecule has 3 aromatic rings. The SMILES string of the molecule is COc1ccc(CSc2nsc(NC(=O)Oc3ccccc3)c2C#N)cc1. The summed E-state index contributed by atoms with van der Waals surface area (Å²) in [6.45, 7) is 0. The first-order chi connectivity index (χ1) is 13.2. The van der Waals surface area contributed by atoms with E-state index < -0.39 is 6.09 Å². The van der Waals surface area contributed by atoms with Crippen molar-refractivity contribution in [3.63, 3.8) is 0 Å². The quantitative estimate of drug-likeness (QED) is 0.594. The van der Waals surface area contributed by atoms with Gasteiger partial charge in [-0.15, -0.1) is 0 Å². The van der Waals surface area contributed by atoms with E-state index in [1.54, 1.807) is 31.4 Å². The fraction of sp³-hybridized carbons (Fsp3) is 0.105. The van der Waals surface area contributed by atoms with Gasteiger partial charge in [0.1, 0.15) is 33.2 Å². The van der Waals surface area contributed by atoms with E-state index in [1.807, 2.05) is 30.3 Å². The van der Waals surface area contributed by atoms with Gasteiger partial charge in [0.2, 0.25) is 0 Å². The molecule has 6 nitrogen and oxygen atoms in total. The number of rotatable bonds is 6. The maximum Gasteiger partial charge on any atom is 0.417 e. The van der Waals surface area contributed by atoms with Crippen molar-refractivity contribution in [1.29, 1.82) is 5.26 Å². The van der Waals surface area contributed by atoms with Crippen LogP contribution in [0.25, 0.3) is 0 Å². The van der Waals surface area contributed by atoms with Gasteiger partial charge in [-0.05, 0) is 41.4 Å². The van der Waals surface area contributed by atoms with E-state index in [0.29, 0.717) is 27.1 Å². The zero-order valence-corrected chi connectivity index (χ0v) is 16.0. The minimum Gasteiger partial charge on any atom is -0.497 e. The molecule has 2 aromatic carbocycles. The Balaban J connectivity index is 1.63. The fourth-order valence-electron chi connectivity index (χ4n) is 2.15. The number of hydrogen-bond donors (Lipinski definition) is 1. The van der Waals surface area contributed by atoms with Gasteiger partial charge >= 0.3 is 6.09 Å². The van der Waals surface area contributed by atoms with Crippen molar-refractivity contribution in [2.75, 3.05) is 12.4 Å². The summed E-state index contributed by atoms with van der Waals surface area (Å²) in [5.41, 5.74) is 1.42. The molecule has 0 aliphatic carbocycles. The topological polar surface area (TPSA) is 84.2 Å². The number of nitriles is 1. The monoisotopic (exact) mass is 397 g/mol. The lowest BCUT2D eigenvalue weighted by atomic mass is 10.2. The third-order valence-corrected chi connectivity index (χ3v) is 5.40. The number of anilines is 1. The zero-order chi connectivity index (χ0) is 19.1. The van der Waals surface area contributed by atoms with E-state index in [4.69, 9.17) is 9.47 Å². The van der Waals surface area contributed by atoms with Crippen molar-refractivity contribution in [1.82, 2.24) is 4.37 Å². The number of methoxy groups -OCH3 is 1. The Morgan fingerprint density at radius 1 is 1.19 bits per heavy atom. The number of carbonyl (C=O) groups is 1. The molecule has 0 spiro atoms. The molecule has 0 atom stereocenters. The molecule has 136 valence electrons. The molecule has 0 saturated carbocycles. The number of para-hydroxylation sites is 1. The number of aromatic nitrogens is 1. The molecule has 0 radical (unpaired) electrons. The van der Waals surface area contributed by atoms with Crippen molar-refractivity contribution in [3.05, 3.63) is 65.7 Å². The summed E-state index contributed by atoms with van der Waals surface area (Å²) < 4.78 is 14.6. The summed E-state index contributed by atoms with van der Waals surface area (Å²) in [7, 11) is 1.62. The Bertz CT molecular complexity index is 951. The van der Waals surface area contributed by atoms with Gasteiger partial charge in [-0.2, -0.15) is 9.64 Å². The molecule has 0 bridgehead atoms. The highest BCUT2D eigenvalue weighted by Gasteiger charge is 2.17. The molecule has 0 aliphatic heterocycles. The molecule has 0 aliphatic rings. The van der Waals surface area contributed by atoms with E-state index in [9.17, 15) is 10.1 Å². The normalized spacial score (nSPS) is 10.1. The average Bonchev–Trinajstić information content (AvgIpc) is 3.08. The van der Waals surface area contributed by atoms with E-state index in [2.05, 4.69) is 15.8 Å². The third-order valence-electron chi connectivity index (χ3n) is 3.48. The molecule has 1 heterocycles. The number of benzene rings is 2. The second-order valence-corrected chi connectivity index (χ2v) is 7.01. The Hall–Kier alpha value is -3.02. The lowest BCUT2D eigenvalue weighted by Crippen LogP contribution is -2.16. The number of thioether (sulfide) groups is 1. The highest BCUT2D eigenvalue weighted by Crippen LogP contribution is 2.33. The van der Waals surface area contributed by atoms with Crippen molar-refractivity contribution < 1.29 is 14.3 Å². The van der Waals surface area contributed by atoms with Crippen molar-refractivity contribution >= 4 is 34.4 Å². The average molecular weight is 397 g/mol. The summed E-state index contributed by atoms with van der Waals surface area (Å²) in [6, 6.07) is 18.5. The molecular weight excluding hydrogens is 382 g/mol. The number of amides is 1.